The first-order chi connectivity index (χ1) is 5.70. The summed E-state index contributed by atoms with van der Waals surface area (Å²) in [5.74, 6) is 0.834. The van der Waals surface area contributed by atoms with Crippen molar-refractivity contribution in [3.8, 4) is 0 Å². The Morgan fingerprint density at radius 1 is 1.33 bits per heavy atom. The van der Waals surface area contributed by atoms with Gasteiger partial charge in [0.05, 0.1) is 0 Å². The Morgan fingerprint density at radius 2 is 2.08 bits per heavy atom. The van der Waals surface area contributed by atoms with Gasteiger partial charge in [-0.2, -0.15) is 0 Å². The molecule has 1 saturated heterocycles. The van der Waals surface area contributed by atoms with E-state index in [1.54, 1.807) is 0 Å². The number of nitrogens with one attached hydrogen (secondary N) is 2. The summed E-state index contributed by atoms with van der Waals surface area (Å²) in [6.45, 7) is 9.14. The molecule has 2 N–H and O–H groups in total. The maximum absolute atomic E-state index is 3.57. The highest BCUT2D eigenvalue weighted by molar-refractivity contribution is 4.78. The van der Waals surface area contributed by atoms with Crippen molar-refractivity contribution in [2.24, 2.45) is 5.92 Å². The maximum atomic E-state index is 3.57. The SMILES string of the molecule is CC(C)NC(C)C1CCCNC1. The van der Waals surface area contributed by atoms with Crippen LogP contribution in [0.5, 0.6) is 0 Å². The lowest BCUT2D eigenvalue weighted by molar-refractivity contribution is 0.286. The minimum Gasteiger partial charge on any atom is -0.316 e. The molecule has 0 aliphatic carbocycles. The molecule has 1 heterocycles. The smallest absolute Gasteiger partial charge is 0.00814 e. The molecule has 1 rings (SSSR count). The Labute approximate surface area is 76.1 Å². The third-order valence-electron chi connectivity index (χ3n) is 2.64. The van der Waals surface area contributed by atoms with Crippen molar-refractivity contribution in [1.29, 1.82) is 0 Å². The average molecular weight is 170 g/mol. The monoisotopic (exact) mass is 170 g/mol. The molecule has 1 fully saturated rings. The highest BCUT2D eigenvalue weighted by atomic mass is 15.0. The molecule has 0 radical (unpaired) electrons. The Bertz CT molecular complexity index is 117. The second-order valence-electron chi connectivity index (χ2n) is 4.22. The molecular formula is C10H22N2. The van der Waals surface area contributed by atoms with Gasteiger partial charge in [0.25, 0.3) is 0 Å². The zero-order valence-electron chi connectivity index (χ0n) is 8.56. The van der Waals surface area contributed by atoms with Gasteiger partial charge in [0.2, 0.25) is 0 Å². The number of piperidine rings is 1. The summed E-state index contributed by atoms with van der Waals surface area (Å²) < 4.78 is 0. The van der Waals surface area contributed by atoms with Gasteiger partial charge in [0.15, 0.2) is 0 Å². The summed E-state index contributed by atoms with van der Waals surface area (Å²) in [5, 5.41) is 7.02. The van der Waals surface area contributed by atoms with Crippen molar-refractivity contribution in [2.75, 3.05) is 13.1 Å². The van der Waals surface area contributed by atoms with Crippen molar-refractivity contribution in [3.63, 3.8) is 0 Å². The molecule has 12 heavy (non-hydrogen) atoms. The molecule has 2 heteroatoms. The quantitative estimate of drug-likeness (QED) is 0.668. The van der Waals surface area contributed by atoms with Crippen LogP contribution in [-0.4, -0.2) is 25.2 Å². The molecule has 0 spiro atoms. The first-order valence-electron chi connectivity index (χ1n) is 5.17. The van der Waals surface area contributed by atoms with Gasteiger partial charge in [-0.15, -0.1) is 0 Å². The molecule has 1 aliphatic heterocycles. The first-order valence-corrected chi connectivity index (χ1v) is 5.17. The summed E-state index contributed by atoms with van der Waals surface area (Å²) in [5.41, 5.74) is 0. The van der Waals surface area contributed by atoms with Gasteiger partial charge in [-0.3, -0.25) is 0 Å². The molecule has 72 valence electrons. The van der Waals surface area contributed by atoms with Crippen molar-refractivity contribution in [1.82, 2.24) is 10.6 Å². The molecule has 0 bridgehead atoms. The van der Waals surface area contributed by atoms with Gasteiger partial charge in [0.1, 0.15) is 0 Å². The molecule has 0 aromatic heterocycles. The zero-order valence-corrected chi connectivity index (χ0v) is 8.56. The molecule has 0 saturated carbocycles. The summed E-state index contributed by atoms with van der Waals surface area (Å²) in [4.78, 5) is 0. The molecule has 2 unspecified atom stereocenters. The van der Waals surface area contributed by atoms with Crippen LogP contribution >= 0.6 is 0 Å². The number of rotatable bonds is 3. The van der Waals surface area contributed by atoms with E-state index in [0.717, 1.165) is 5.92 Å². The van der Waals surface area contributed by atoms with Crippen LogP contribution in [0.2, 0.25) is 0 Å². The van der Waals surface area contributed by atoms with Crippen LogP contribution in [0.4, 0.5) is 0 Å². The first kappa shape index (κ1) is 10.0. The third-order valence-corrected chi connectivity index (χ3v) is 2.64. The normalized spacial score (nSPS) is 27.5. The van der Waals surface area contributed by atoms with Crippen LogP contribution in [0, 0.1) is 5.92 Å². The van der Waals surface area contributed by atoms with Crippen LogP contribution in [0.25, 0.3) is 0 Å². The molecule has 1 aliphatic rings. The van der Waals surface area contributed by atoms with Crippen LogP contribution in [-0.2, 0) is 0 Å². The lowest BCUT2D eigenvalue weighted by Gasteiger charge is -2.30. The second kappa shape index (κ2) is 4.83. The lowest BCUT2D eigenvalue weighted by Crippen LogP contribution is -2.44. The van der Waals surface area contributed by atoms with Crippen molar-refractivity contribution in [2.45, 2.75) is 45.7 Å². The van der Waals surface area contributed by atoms with Crippen molar-refractivity contribution < 1.29 is 0 Å². The van der Waals surface area contributed by atoms with E-state index in [0.29, 0.717) is 12.1 Å². The third kappa shape index (κ3) is 3.11. The fourth-order valence-corrected chi connectivity index (χ4v) is 1.97. The Kier molecular flexibility index (Phi) is 4.02. The molecule has 0 aromatic carbocycles. The van der Waals surface area contributed by atoms with E-state index in [9.17, 15) is 0 Å². The fraction of sp³-hybridized carbons (Fsp3) is 1.00. The van der Waals surface area contributed by atoms with Crippen molar-refractivity contribution in [3.05, 3.63) is 0 Å². The van der Waals surface area contributed by atoms with Crippen LogP contribution in [0.3, 0.4) is 0 Å². The highest BCUT2D eigenvalue weighted by Crippen LogP contribution is 2.14. The van der Waals surface area contributed by atoms with Gasteiger partial charge in [-0.1, -0.05) is 13.8 Å². The van der Waals surface area contributed by atoms with Gasteiger partial charge < -0.3 is 10.6 Å². The van der Waals surface area contributed by atoms with Gasteiger partial charge in [-0.05, 0) is 38.8 Å². The van der Waals surface area contributed by atoms with E-state index in [-0.39, 0.29) is 0 Å². The van der Waals surface area contributed by atoms with E-state index < -0.39 is 0 Å². The second-order valence-corrected chi connectivity index (χ2v) is 4.22. The van der Waals surface area contributed by atoms with E-state index in [1.807, 2.05) is 0 Å². The fourth-order valence-electron chi connectivity index (χ4n) is 1.97. The van der Waals surface area contributed by atoms with E-state index in [1.165, 1.54) is 25.9 Å². The van der Waals surface area contributed by atoms with Crippen LogP contribution in [0.15, 0.2) is 0 Å². The Hall–Kier alpha value is -0.0800. The van der Waals surface area contributed by atoms with Gasteiger partial charge >= 0.3 is 0 Å². The summed E-state index contributed by atoms with van der Waals surface area (Å²) in [6.07, 6.45) is 2.72. The summed E-state index contributed by atoms with van der Waals surface area (Å²) in [7, 11) is 0. The standard InChI is InChI=1S/C10H22N2/c1-8(2)12-9(3)10-5-4-6-11-7-10/h8-12H,4-7H2,1-3H3. The van der Waals surface area contributed by atoms with Gasteiger partial charge in [-0.25, -0.2) is 0 Å². The maximum Gasteiger partial charge on any atom is 0.00814 e. The molecule has 0 aromatic rings. The van der Waals surface area contributed by atoms with E-state index in [2.05, 4.69) is 31.4 Å². The minimum atomic E-state index is 0.613. The average Bonchev–Trinajstić information content (AvgIpc) is 2.05. The highest BCUT2D eigenvalue weighted by Gasteiger charge is 2.19. The number of hydrogen-bond acceptors (Lipinski definition) is 2. The van der Waals surface area contributed by atoms with E-state index in [4.69, 9.17) is 0 Å². The largest absolute Gasteiger partial charge is 0.316 e. The van der Waals surface area contributed by atoms with Gasteiger partial charge in [0, 0.05) is 12.1 Å². The molecule has 2 atom stereocenters. The Balaban J connectivity index is 2.24. The number of hydrogen-bond donors (Lipinski definition) is 2. The Morgan fingerprint density at radius 3 is 2.58 bits per heavy atom. The zero-order chi connectivity index (χ0) is 8.97. The van der Waals surface area contributed by atoms with E-state index >= 15 is 0 Å². The van der Waals surface area contributed by atoms with Crippen LogP contribution in [0.1, 0.15) is 33.6 Å². The lowest BCUT2D eigenvalue weighted by atomic mass is 9.92. The summed E-state index contributed by atoms with van der Waals surface area (Å²) in [6, 6.07) is 1.28. The molecular weight excluding hydrogens is 148 g/mol. The predicted molar refractivity (Wildman–Crippen MR) is 53.3 cm³/mol. The van der Waals surface area contributed by atoms with Crippen LogP contribution < -0.4 is 10.6 Å². The minimum absolute atomic E-state index is 0.613. The molecule has 2 nitrogen and oxygen atoms in total. The topological polar surface area (TPSA) is 24.1 Å². The predicted octanol–water partition coefficient (Wildman–Crippen LogP) is 1.37. The summed E-state index contributed by atoms with van der Waals surface area (Å²) >= 11 is 0. The molecule has 0 amide bonds. The van der Waals surface area contributed by atoms with Crippen molar-refractivity contribution >= 4 is 0 Å².